The lowest BCUT2D eigenvalue weighted by molar-refractivity contribution is -0.119. The van der Waals surface area contributed by atoms with Crippen LogP contribution in [0.1, 0.15) is 47.9 Å². The molecule has 0 bridgehead atoms. The number of ether oxygens (including phenoxy) is 2. The number of nitrogens with one attached hydrogen (secondary N) is 1. The lowest BCUT2D eigenvalue weighted by atomic mass is 9.95. The third-order valence-electron chi connectivity index (χ3n) is 4.33. The summed E-state index contributed by atoms with van der Waals surface area (Å²) in [6, 6.07) is 12.4. The first-order chi connectivity index (χ1) is 12.9. The van der Waals surface area contributed by atoms with Gasteiger partial charge in [0.2, 0.25) is 5.91 Å². The van der Waals surface area contributed by atoms with E-state index in [1.165, 1.54) is 17.7 Å². The van der Waals surface area contributed by atoms with Crippen molar-refractivity contribution in [2.24, 2.45) is 0 Å². The molecule has 0 aromatic heterocycles. The molecule has 0 spiro atoms. The number of carboxylic acids is 1. The predicted octanol–water partition coefficient (Wildman–Crippen LogP) is 3.81. The molecular weight excluding hydrogens is 346 g/mol. The molecule has 1 unspecified atom stereocenters. The summed E-state index contributed by atoms with van der Waals surface area (Å²) in [5, 5.41) is 12.0. The molecule has 1 heterocycles. The molecule has 142 valence electrons. The molecular formula is C21H23NO5. The zero-order valence-electron chi connectivity index (χ0n) is 15.4. The first-order valence-electron chi connectivity index (χ1n) is 8.97. The van der Waals surface area contributed by atoms with E-state index in [4.69, 9.17) is 9.47 Å². The second kappa shape index (κ2) is 8.22. The average Bonchev–Trinajstić information content (AvgIpc) is 2.63. The number of aromatic carboxylic acids is 1. The lowest BCUT2D eigenvalue weighted by Crippen LogP contribution is -2.22. The molecule has 27 heavy (non-hydrogen) atoms. The average molecular weight is 369 g/mol. The number of carbonyl (C=O) groups excluding carboxylic acids is 1. The summed E-state index contributed by atoms with van der Waals surface area (Å²) in [5.74, 6) is -0.882. The van der Waals surface area contributed by atoms with E-state index in [9.17, 15) is 14.7 Å². The van der Waals surface area contributed by atoms with Crippen LogP contribution >= 0.6 is 0 Å². The number of carbonyl (C=O) groups is 2. The smallest absolute Gasteiger partial charge is 0.335 e. The Balaban J connectivity index is 1.77. The largest absolute Gasteiger partial charge is 0.489 e. The molecule has 1 amide bonds. The van der Waals surface area contributed by atoms with E-state index in [0.717, 1.165) is 12.0 Å². The number of anilines is 1. The van der Waals surface area contributed by atoms with Gasteiger partial charge in [0.15, 0.2) is 0 Å². The highest BCUT2D eigenvalue weighted by atomic mass is 16.5. The van der Waals surface area contributed by atoms with E-state index in [-0.39, 0.29) is 30.1 Å². The highest BCUT2D eigenvalue weighted by Gasteiger charge is 2.24. The van der Waals surface area contributed by atoms with Gasteiger partial charge in [-0.25, -0.2) is 4.79 Å². The second-order valence-electron chi connectivity index (χ2n) is 6.74. The Hall–Kier alpha value is -2.86. The zero-order chi connectivity index (χ0) is 19.4. The van der Waals surface area contributed by atoms with Crippen LogP contribution in [0.2, 0.25) is 0 Å². The highest BCUT2D eigenvalue weighted by molar-refractivity contribution is 5.95. The SMILES string of the molecule is CC(C)Oc1ccc(C(=O)O)cc1NC(=O)CC1OCCc2ccccc21. The van der Waals surface area contributed by atoms with Gasteiger partial charge < -0.3 is 19.9 Å². The first kappa shape index (κ1) is 18.9. The fourth-order valence-corrected chi connectivity index (χ4v) is 3.13. The van der Waals surface area contributed by atoms with E-state index >= 15 is 0 Å². The van der Waals surface area contributed by atoms with Crippen molar-refractivity contribution in [1.29, 1.82) is 0 Å². The van der Waals surface area contributed by atoms with Crippen molar-refractivity contribution >= 4 is 17.6 Å². The number of carboxylic acid groups (broad SMARTS) is 1. The maximum Gasteiger partial charge on any atom is 0.335 e. The zero-order valence-corrected chi connectivity index (χ0v) is 15.4. The summed E-state index contributed by atoms with van der Waals surface area (Å²) in [7, 11) is 0. The predicted molar refractivity (Wildman–Crippen MR) is 101 cm³/mol. The Morgan fingerprint density at radius 2 is 2.04 bits per heavy atom. The molecule has 0 saturated heterocycles. The van der Waals surface area contributed by atoms with Crippen molar-refractivity contribution in [3.63, 3.8) is 0 Å². The van der Waals surface area contributed by atoms with Crippen LogP contribution in [0, 0.1) is 0 Å². The fourth-order valence-electron chi connectivity index (χ4n) is 3.13. The molecule has 0 aliphatic carbocycles. The van der Waals surface area contributed by atoms with Gasteiger partial charge in [0.25, 0.3) is 0 Å². The molecule has 0 fully saturated rings. The monoisotopic (exact) mass is 369 g/mol. The van der Waals surface area contributed by atoms with Crippen molar-refractivity contribution in [3.05, 3.63) is 59.2 Å². The first-order valence-corrected chi connectivity index (χ1v) is 8.97. The van der Waals surface area contributed by atoms with Gasteiger partial charge in [-0.15, -0.1) is 0 Å². The molecule has 2 aromatic carbocycles. The third kappa shape index (κ3) is 4.65. The maximum absolute atomic E-state index is 12.6. The Kier molecular flexibility index (Phi) is 5.76. The second-order valence-corrected chi connectivity index (χ2v) is 6.74. The van der Waals surface area contributed by atoms with Crippen molar-refractivity contribution in [3.8, 4) is 5.75 Å². The molecule has 6 nitrogen and oxygen atoms in total. The van der Waals surface area contributed by atoms with Gasteiger partial charge in [0, 0.05) is 0 Å². The van der Waals surface area contributed by atoms with E-state index in [1.54, 1.807) is 6.07 Å². The van der Waals surface area contributed by atoms with Crippen molar-refractivity contribution in [1.82, 2.24) is 0 Å². The van der Waals surface area contributed by atoms with Gasteiger partial charge >= 0.3 is 5.97 Å². The van der Waals surface area contributed by atoms with Crippen LogP contribution in [0.25, 0.3) is 0 Å². The van der Waals surface area contributed by atoms with Gasteiger partial charge in [0.05, 0.1) is 36.5 Å². The number of hydrogen-bond acceptors (Lipinski definition) is 4. The third-order valence-corrected chi connectivity index (χ3v) is 4.33. The van der Waals surface area contributed by atoms with E-state index < -0.39 is 5.97 Å². The Morgan fingerprint density at radius 1 is 1.26 bits per heavy atom. The molecule has 6 heteroatoms. The highest BCUT2D eigenvalue weighted by Crippen LogP contribution is 2.31. The molecule has 1 atom stereocenters. The topological polar surface area (TPSA) is 84.9 Å². The summed E-state index contributed by atoms with van der Waals surface area (Å²) in [6.07, 6.45) is 0.563. The van der Waals surface area contributed by atoms with Crippen LogP contribution in [0.4, 0.5) is 5.69 Å². The lowest BCUT2D eigenvalue weighted by Gasteiger charge is -2.25. The van der Waals surface area contributed by atoms with E-state index in [0.29, 0.717) is 18.0 Å². The van der Waals surface area contributed by atoms with Crippen LogP contribution in [-0.2, 0) is 16.0 Å². The number of benzene rings is 2. The van der Waals surface area contributed by atoms with Crippen molar-refractivity contribution in [2.75, 3.05) is 11.9 Å². The Bertz CT molecular complexity index is 846. The minimum Gasteiger partial charge on any atom is -0.489 e. The number of amides is 1. The van der Waals surface area contributed by atoms with Gasteiger partial charge in [-0.3, -0.25) is 4.79 Å². The summed E-state index contributed by atoms with van der Waals surface area (Å²) in [5.41, 5.74) is 2.65. The molecule has 0 radical (unpaired) electrons. The molecule has 0 saturated carbocycles. The van der Waals surface area contributed by atoms with E-state index in [2.05, 4.69) is 5.32 Å². The van der Waals surface area contributed by atoms with Crippen LogP contribution in [0.15, 0.2) is 42.5 Å². The molecule has 2 N–H and O–H groups in total. The summed E-state index contributed by atoms with van der Waals surface area (Å²) in [4.78, 5) is 23.9. The number of rotatable bonds is 6. The van der Waals surface area contributed by atoms with E-state index in [1.807, 2.05) is 38.1 Å². The number of hydrogen-bond donors (Lipinski definition) is 2. The maximum atomic E-state index is 12.6. The van der Waals surface area contributed by atoms with Crippen LogP contribution in [0.5, 0.6) is 5.75 Å². The van der Waals surface area contributed by atoms with Crippen molar-refractivity contribution < 1.29 is 24.2 Å². The standard InChI is InChI=1S/C21H23NO5/c1-13(2)27-18-8-7-15(21(24)25)11-17(18)22-20(23)12-19-16-6-4-3-5-14(16)9-10-26-19/h3-8,11,13,19H,9-10,12H2,1-2H3,(H,22,23)(H,24,25). The molecule has 1 aliphatic rings. The fraction of sp³-hybridized carbons (Fsp3) is 0.333. The molecule has 2 aromatic rings. The van der Waals surface area contributed by atoms with Crippen molar-refractivity contribution in [2.45, 2.75) is 38.9 Å². The Morgan fingerprint density at radius 3 is 2.78 bits per heavy atom. The molecule has 3 rings (SSSR count). The van der Waals surface area contributed by atoms with Crippen LogP contribution in [0.3, 0.4) is 0 Å². The van der Waals surface area contributed by atoms with Gasteiger partial charge in [-0.2, -0.15) is 0 Å². The number of fused-ring (bicyclic) bond motifs is 1. The Labute approximate surface area is 158 Å². The minimum atomic E-state index is -1.06. The summed E-state index contributed by atoms with van der Waals surface area (Å²) in [6.45, 7) is 4.30. The van der Waals surface area contributed by atoms with Gasteiger partial charge in [-0.1, -0.05) is 24.3 Å². The normalized spacial score (nSPS) is 15.9. The summed E-state index contributed by atoms with van der Waals surface area (Å²) < 4.78 is 11.5. The quantitative estimate of drug-likeness (QED) is 0.809. The van der Waals surface area contributed by atoms with Crippen LogP contribution in [-0.4, -0.2) is 29.7 Å². The van der Waals surface area contributed by atoms with Gasteiger partial charge in [0.1, 0.15) is 5.75 Å². The van der Waals surface area contributed by atoms with Gasteiger partial charge in [-0.05, 0) is 49.6 Å². The minimum absolute atomic E-state index is 0.0840. The summed E-state index contributed by atoms with van der Waals surface area (Å²) >= 11 is 0. The van der Waals surface area contributed by atoms with Crippen LogP contribution < -0.4 is 10.1 Å². The molecule has 1 aliphatic heterocycles.